The van der Waals surface area contributed by atoms with Crippen molar-refractivity contribution in [2.45, 2.75) is 13.5 Å². The van der Waals surface area contributed by atoms with Crippen LogP contribution in [-0.4, -0.2) is 36.2 Å². The average Bonchev–Trinajstić information content (AvgIpc) is 2.65. The van der Waals surface area contributed by atoms with Crippen molar-refractivity contribution in [2.75, 3.05) is 31.1 Å². The van der Waals surface area contributed by atoms with Crippen LogP contribution in [0, 0.1) is 12.7 Å². The molecule has 2 aromatic carbocycles. The predicted molar refractivity (Wildman–Crippen MR) is 103 cm³/mol. The molecule has 5 nitrogen and oxygen atoms in total. The fourth-order valence-corrected chi connectivity index (χ4v) is 3.62. The largest absolute Gasteiger partial charge is 0.507 e. The van der Waals surface area contributed by atoms with E-state index in [9.17, 15) is 14.3 Å². The molecular weight excluding hydrogens is 347 g/mol. The quantitative estimate of drug-likeness (QED) is 0.719. The van der Waals surface area contributed by atoms with Crippen LogP contribution < -0.4 is 10.5 Å². The van der Waals surface area contributed by atoms with Crippen LogP contribution in [0.5, 0.6) is 5.75 Å². The minimum atomic E-state index is -0.409. The van der Waals surface area contributed by atoms with Gasteiger partial charge in [0.15, 0.2) is 0 Å². The molecule has 140 valence electrons. The van der Waals surface area contributed by atoms with E-state index < -0.39 is 5.63 Å². The van der Waals surface area contributed by atoms with Crippen LogP contribution in [0.15, 0.2) is 51.7 Å². The number of phenols is 1. The first kappa shape index (κ1) is 17.5. The molecule has 1 aliphatic rings. The first-order valence-electron chi connectivity index (χ1n) is 8.99. The smallest absolute Gasteiger partial charge is 0.336 e. The van der Waals surface area contributed by atoms with E-state index in [-0.39, 0.29) is 11.6 Å². The summed E-state index contributed by atoms with van der Waals surface area (Å²) in [7, 11) is 0. The Morgan fingerprint density at radius 2 is 1.78 bits per heavy atom. The van der Waals surface area contributed by atoms with Crippen LogP contribution in [0.2, 0.25) is 0 Å². The van der Waals surface area contributed by atoms with Crippen molar-refractivity contribution in [3.05, 3.63) is 69.8 Å². The van der Waals surface area contributed by atoms with Crippen molar-refractivity contribution in [2.24, 2.45) is 0 Å². The number of nitrogens with zero attached hydrogens (tertiary/aromatic N) is 2. The number of halogens is 1. The molecule has 27 heavy (non-hydrogen) atoms. The molecule has 0 atom stereocenters. The van der Waals surface area contributed by atoms with Crippen molar-refractivity contribution in [1.29, 1.82) is 0 Å². The topological polar surface area (TPSA) is 56.9 Å². The van der Waals surface area contributed by atoms with Gasteiger partial charge in [-0.25, -0.2) is 9.18 Å². The fourth-order valence-electron chi connectivity index (χ4n) is 3.62. The van der Waals surface area contributed by atoms with Gasteiger partial charge < -0.3 is 14.4 Å². The molecule has 0 aliphatic carbocycles. The zero-order valence-electron chi connectivity index (χ0n) is 15.1. The average molecular weight is 368 g/mol. The van der Waals surface area contributed by atoms with Crippen LogP contribution in [0.25, 0.3) is 11.0 Å². The number of fused-ring (bicyclic) bond motifs is 1. The Labute approximate surface area is 156 Å². The maximum absolute atomic E-state index is 13.1. The number of aryl methyl sites for hydroxylation is 1. The van der Waals surface area contributed by atoms with Gasteiger partial charge >= 0.3 is 5.63 Å². The lowest BCUT2D eigenvalue weighted by molar-refractivity contribution is 0.246. The van der Waals surface area contributed by atoms with Crippen LogP contribution in [0.1, 0.15) is 11.1 Å². The van der Waals surface area contributed by atoms with E-state index in [4.69, 9.17) is 4.42 Å². The summed E-state index contributed by atoms with van der Waals surface area (Å²) in [4.78, 5) is 16.2. The van der Waals surface area contributed by atoms with E-state index in [0.29, 0.717) is 17.7 Å². The molecule has 0 saturated carbocycles. The fraction of sp³-hybridized carbons (Fsp3) is 0.286. The van der Waals surface area contributed by atoms with Crippen LogP contribution in [-0.2, 0) is 6.54 Å². The van der Waals surface area contributed by atoms with Gasteiger partial charge in [-0.1, -0.05) is 0 Å². The van der Waals surface area contributed by atoms with Crippen molar-refractivity contribution < 1.29 is 13.9 Å². The number of hydrogen-bond acceptors (Lipinski definition) is 5. The molecule has 0 amide bonds. The number of aromatic hydroxyl groups is 1. The van der Waals surface area contributed by atoms with Crippen LogP contribution >= 0.6 is 0 Å². The molecule has 0 radical (unpaired) electrons. The molecule has 6 heteroatoms. The monoisotopic (exact) mass is 368 g/mol. The standard InChI is InChI=1S/C21H21FN2O3/c1-14-12-20(26)27-21-17(14)6-7-19(25)18(21)13-23-8-10-24(11-9-23)16-4-2-15(22)3-5-16/h2-7,12,25H,8-11,13H2,1H3. The Morgan fingerprint density at radius 3 is 2.48 bits per heavy atom. The summed E-state index contributed by atoms with van der Waals surface area (Å²) in [5.74, 6) is -0.0992. The maximum atomic E-state index is 13.1. The number of rotatable bonds is 3. The van der Waals surface area contributed by atoms with Gasteiger partial charge in [-0.3, -0.25) is 4.90 Å². The molecular formula is C21H21FN2O3. The second-order valence-electron chi connectivity index (χ2n) is 6.93. The first-order valence-corrected chi connectivity index (χ1v) is 8.99. The summed E-state index contributed by atoms with van der Waals surface area (Å²) >= 11 is 0. The molecule has 0 spiro atoms. The Hall–Kier alpha value is -2.86. The Balaban J connectivity index is 1.53. The van der Waals surface area contributed by atoms with Gasteiger partial charge in [-0.05, 0) is 48.9 Å². The third kappa shape index (κ3) is 3.53. The van der Waals surface area contributed by atoms with E-state index in [1.54, 1.807) is 24.3 Å². The van der Waals surface area contributed by atoms with Gasteiger partial charge in [0, 0.05) is 49.9 Å². The molecule has 1 N–H and O–H groups in total. The highest BCUT2D eigenvalue weighted by molar-refractivity contribution is 5.84. The van der Waals surface area contributed by atoms with Crippen molar-refractivity contribution >= 4 is 16.7 Å². The van der Waals surface area contributed by atoms with Crippen molar-refractivity contribution in [3.63, 3.8) is 0 Å². The number of hydrogen-bond donors (Lipinski definition) is 1. The summed E-state index contributed by atoms with van der Waals surface area (Å²) < 4.78 is 18.5. The van der Waals surface area contributed by atoms with Crippen molar-refractivity contribution in [3.8, 4) is 5.75 Å². The molecule has 1 aromatic heterocycles. The summed E-state index contributed by atoms with van der Waals surface area (Å²) in [5.41, 5.74) is 2.53. The van der Waals surface area contributed by atoms with E-state index in [1.165, 1.54) is 18.2 Å². The zero-order valence-corrected chi connectivity index (χ0v) is 15.1. The predicted octanol–water partition coefficient (Wildman–Crippen LogP) is 3.27. The lowest BCUT2D eigenvalue weighted by Crippen LogP contribution is -2.46. The molecule has 0 bridgehead atoms. The minimum absolute atomic E-state index is 0.136. The van der Waals surface area contributed by atoms with Gasteiger partial charge in [0.2, 0.25) is 0 Å². The molecule has 2 heterocycles. The molecule has 1 saturated heterocycles. The van der Waals surface area contributed by atoms with E-state index >= 15 is 0 Å². The highest BCUT2D eigenvalue weighted by atomic mass is 19.1. The van der Waals surface area contributed by atoms with E-state index in [2.05, 4.69) is 9.80 Å². The minimum Gasteiger partial charge on any atom is -0.507 e. The highest BCUT2D eigenvalue weighted by Gasteiger charge is 2.20. The third-order valence-electron chi connectivity index (χ3n) is 5.14. The summed E-state index contributed by atoms with van der Waals surface area (Å²) in [6.45, 7) is 5.57. The summed E-state index contributed by atoms with van der Waals surface area (Å²) in [6.07, 6.45) is 0. The van der Waals surface area contributed by atoms with Crippen LogP contribution in [0.4, 0.5) is 10.1 Å². The van der Waals surface area contributed by atoms with E-state index in [0.717, 1.165) is 42.8 Å². The molecule has 4 rings (SSSR count). The molecule has 1 aliphatic heterocycles. The van der Waals surface area contributed by atoms with Gasteiger partial charge in [0.05, 0.1) is 5.56 Å². The first-order chi connectivity index (χ1) is 13.0. The van der Waals surface area contributed by atoms with Gasteiger partial charge in [-0.15, -0.1) is 0 Å². The van der Waals surface area contributed by atoms with Gasteiger partial charge in [0.1, 0.15) is 17.1 Å². The van der Waals surface area contributed by atoms with Gasteiger partial charge in [0.25, 0.3) is 0 Å². The Bertz CT molecular complexity index is 1020. The maximum Gasteiger partial charge on any atom is 0.336 e. The Morgan fingerprint density at radius 1 is 1.07 bits per heavy atom. The number of benzene rings is 2. The number of anilines is 1. The summed E-state index contributed by atoms with van der Waals surface area (Å²) in [6, 6.07) is 11.4. The normalized spacial score (nSPS) is 15.4. The second-order valence-corrected chi connectivity index (χ2v) is 6.93. The third-order valence-corrected chi connectivity index (χ3v) is 5.14. The lowest BCUT2D eigenvalue weighted by Gasteiger charge is -2.36. The zero-order chi connectivity index (χ0) is 19.0. The molecule has 3 aromatic rings. The highest BCUT2D eigenvalue weighted by Crippen LogP contribution is 2.29. The SMILES string of the molecule is Cc1cc(=O)oc2c(CN3CCN(c4ccc(F)cc4)CC3)c(O)ccc12. The summed E-state index contributed by atoms with van der Waals surface area (Å²) in [5, 5.41) is 11.2. The second kappa shape index (κ2) is 7.04. The number of phenolic OH excluding ortho intramolecular Hbond substituents is 1. The van der Waals surface area contributed by atoms with Crippen LogP contribution in [0.3, 0.4) is 0 Å². The number of piperazine rings is 1. The van der Waals surface area contributed by atoms with Gasteiger partial charge in [-0.2, -0.15) is 0 Å². The van der Waals surface area contributed by atoms with Crippen molar-refractivity contribution in [1.82, 2.24) is 4.90 Å². The Kier molecular flexibility index (Phi) is 4.58. The lowest BCUT2D eigenvalue weighted by atomic mass is 10.1. The van der Waals surface area contributed by atoms with E-state index in [1.807, 2.05) is 6.92 Å². The molecule has 0 unspecified atom stereocenters. The molecule has 1 fully saturated rings.